The monoisotopic (exact) mass is 456 g/mol. The standard InChI is InChI=1S/C17H18Br2N2O3/c1-3-24-17(23)21-6-4-10-9(2)14-11(18)8-12(19)16(22)15(14)20-13(10)5-7-21/h8,22H,3-7H2,1-2H3. The number of ether oxygens (including phenoxy) is 1. The Morgan fingerprint density at radius 3 is 2.75 bits per heavy atom. The Bertz CT molecular complexity index is 824. The second-order valence-electron chi connectivity index (χ2n) is 5.76. The highest BCUT2D eigenvalue weighted by Gasteiger charge is 2.24. The van der Waals surface area contributed by atoms with Gasteiger partial charge in [0.25, 0.3) is 0 Å². The number of hydrogen-bond donors (Lipinski definition) is 1. The van der Waals surface area contributed by atoms with Gasteiger partial charge < -0.3 is 14.7 Å². The fourth-order valence-corrected chi connectivity index (χ4v) is 4.61. The van der Waals surface area contributed by atoms with E-state index in [0.29, 0.717) is 36.1 Å². The first-order valence-corrected chi connectivity index (χ1v) is 9.43. The number of phenolic OH excluding ortho intramolecular Hbond substituents is 1. The Hall–Kier alpha value is -1.34. The van der Waals surface area contributed by atoms with Gasteiger partial charge in [-0.25, -0.2) is 9.78 Å². The van der Waals surface area contributed by atoms with Crippen LogP contribution in [-0.4, -0.2) is 40.8 Å². The van der Waals surface area contributed by atoms with Gasteiger partial charge in [0.05, 0.1) is 11.1 Å². The van der Waals surface area contributed by atoms with Crippen LogP contribution in [0.4, 0.5) is 4.79 Å². The lowest BCUT2D eigenvalue weighted by Crippen LogP contribution is -2.33. The lowest BCUT2D eigenvalue weighted by atomic mass is 9.98. The molecule has 0 saturated heterocycles. The molecule has 3 rings (SSSR count). The molecule has 1 aromatic carbocycles. The zero-order chi connectivity index (χ0) is 17.4. The van der Waals surface area contributed by atoms with Crippen molar-refractivity contribution in [3.05, 3.63) is 31.8 Å². The third-order valence-electron chi connectivity index (χ3n) is 4.38. The zero-order valence-corrected chi connectivity index (χ0v) is 16.7. The molecule has 1 N–H and O–H groups in total. The number of aromatic hydroxyl groups is 1. The van der Waals surface area contributed by atoms with Crippen molar-refractivity contribution >= 4 is 48.9 Å². The second kappa shape index (κ2) is 6.88. The number of pyridine rings is 1. The largest absolute Gasteiger partial charge is 0.505 e. The number of nitrogens with zero attached hydrogens (tertiary/aromatic N) is 2. The minimum atomic E-state index is -0.278. The smallest absolute Gasteiger partial charge is 0.409 e. The summed E-state index contributed by atoms with van der Waals surface area (Å²) in [7, 11) is 0. The first kappa shape index (κ1) is 17.5. The molecule has 24 heavy (non-hydrogen) atoms. The maximum absolute atomic E-state index is 12.0. The molecule has 1 aliphatic rings. The molecule has 1 amide bonds. The minimum Gasteiger partial charge on any atom is -0.505 e. The number of halogens is 2. The number of amides is 1. The van der Waals surface area contributed by atoms with E-state index in [1.165, 1.54) is 0 Å². The highest BCUT2D eigenvalue weighted by Crippen LogP contribution is 2.40. The van der Waals surface area contributed by atoms with Gasteiger partial charge in [0, 0.05) is 35.1 Å². The Labute approximate surface area is 157 Å². The van der Waals surface area contributed by atoms with Gasteiger partial charge in [0.2, 0.25) is 0 Å². The summed E-state index contributed by atoms with van der Waals surface area (Å²) in [5.41, 5.74) is 3.76. The molecule has 2 aromatic rings. The van der Waals surface area contributed by atoms with Crippen LogP contribution in [0, 0.1) is 6.92 Å². The maximum atomic E-state index is 12.0. The first-order chi connectivity index (χ1) is 11.4. The van der Waals surface area contributed by atoms with Crippen LogP contribution in [0.2, 0.25) is 0 Å². The van der Waals surface area contributed by atoms with Crippen molar-refractivity contribution in [3.63, 3.8) is 0 Å². The van der Waals surface area contributed by atoms with Crippen LogP contribution in [0.1, 0.15) is 23.7 Å². The molecule has 5 nitrogen and oxygen atoms in total. The third kappa shape index (κ3) is 2.99. The Balaban J connectivity index is 2.07. The van der Waals surface area contributed by atoms with E-state index >= 15 is 0 Å². The van der Waals surface area contributed by atoms with E-state index in [-0.39, 0.29) is 11.8 Å². The van der Waals surface area contributed by atoms with Crippen molar-refractivity contribution in [2.45, 2.75) is 26.7 Å². The number of phenols is 1. The van der Waals surface area contributed by atoms with E-state index in [4.69, 9.17) is 9.72 Å². The fraction of sp³-hybridized carbons (Fsp3) is 0.412. The van der Waals surface area contributed by atoms with Crippen molar-refractivity contribution in [3.8, 4) is 5.75 Å². The van der Waals surface area contributed by atoms with E-state index in [2.05, 4.69) is 31.9 Å². The SMILES string of the molecule is CCOC(=O)N1CCc2nc3c(O)c(Br)cc(Br)c3c(C)c2CC1. The number of aromatic nitrogens is 1. The molecular formula is C17H18Br2N2O3. The van der Waals surface area contributed by atoms with Gasteiger partial charge in [-0.1, -0.05) is 15.9 Å². The predicted molar refractivity (Wildman–Crippen MR) is 99.5 cm³/mol. The van der Waals surface area contributed by atoms with Crippen LogP contribution >= 0.6 is 31.9 Å². The number of carbonyl (C=O) groups excluding carboxylic acids is 1. The lowest BCUT2D eigenvalue weighted by Gasteiger charge is -2.18. The Morgan fingerprint density at radius 2 is 2.04 bits per heavy atom. The number of rotatable bonds is 1. The van der Waals surface area contributed by atoms with Gasteiger partial charge >= 0.3 is 6.09 Å². The van der Waals surface area contributed by atoms with Gasteiger partial charge in [-0.05, 0) is 53.4 Å². The number of benzene rings is 1. The molecule has 0 atom stereocenters. The minimum absolute atomic E-state index is 0.144. The Morgan fingerprint density at radius 1 is 1.33 bits per heavy atom. The van der Waals surface area contributed by atoms with Gasteiger partial charge in [0.15, 0.2) is 5.75 Å². The van der Waals surface area contributed by atoms with Crippen molar-refractivity contribution in [2.75, 3.05) is 19.7 Å². The van der Waals surface area contributed by atoms with Crippen LogP contribution in [0.3, 0.4) is 0 Å². The van der Waals surface area contributed by atoms with Crippen molar-refractivity contribution < 1.29 is 14.6 Å². The summed E-state index contributed by atoms with van der Waals surface area (Å²) in [5.74, 6) is 0.144. The molecule has 1 aliphatic heterocycles. The zero-order valence-electron chi connectivity index (χ0n) is 13.5. The number of fused-ring (bicyclic) bond motifs is 2. The van der Waals surface area contributed by atoms with E-state index in [0.717, 1.165) is 33.1 Å². The summed E-state index contributed by atoms with van der Waals surface area (Å²) < 4.78 is 6.61. The molecule has 2 heterocycles. The lowest BCUT2D eigenvalue weighted by molar-refractivity contribution is 0.109. The summed E-state index contributed by atoms with van der Waals surface area (Å²) in [5, 5.41) is 11.3. The highest BCUT2D eigenvalue weighted by atomic mass is 79.9. The molecule has 7 heteroatoms. The van der Waals surface area contributed by atoms with Gasteiger partial charge in [-0.2, -0.15) is 0 Å². The summed E-state index contributed by atoms with van der Waals surface area (Å²) in [6.07, 6.45) is 1.10. The average Bonchev–Trinajstić information content (AvgIpc) is 2.75. The fourth-order valence-electron chi connectivity index (χ4n) is 3.17. The van der Waals surface area contributed by atoms with E-state index in [9.17, 15) is 9.90 Å². The van der Waals surface area contributed by atoms with E-state index < -0.39 is 0 Å². The van der Waals surface area contributed by atoms with Crippen LogP contribution in [-0.2, 0) is 17.6 Å². The van der Waals surface area contributed by atoms with Crippen molar-refractivity contribution in [1.82, 2.24) is 9.88 Å². The average molecular weight is 458 g/mol. The van der Waals surface area contributed by atoms with E-state index in [1.807, 2.05) is 13.0 Å². The van der Waals surface area contributed by atoms with E-state index in [1.54, 1.807) is 11.8 Å². The third-order valence-corrected chi connectivity index (χ3v) is 5.61. The Kier molecular flexibility index (Phi) is 5.01. The van der Waals surface area contributed by atoms with Crippen molar-refractivity contribution in [2.24, 2.45) is 0 Å². The van der Waals surface area contributed by atoms with Crippen LogP contribution < -0.4 is 0 Å². The van der Waals surface area contributed by atoms with Gasteiger partial charge in [-0.3, -0.25) is 0 Å². The van der Waals surface area contributed by atoms with Crippen LogP contribution in [0.5, 0.6) is 5.75 Å². The predicted octanol–water partition coefficient (Wildman–Crippen LogP) is 4.33. The summed E-state index contributed by atoms with van der Waals surface area (Å²) in [6, 6.07) is 1.83. The molecule has 0 unspecified atom stereocenters. The normalized spacial score (nSPS) is 14.4. The second-order valence-corrected chi connectivity index (χ2v) is 7.47. The van der Waals surface area contributed by atoms with Gasteiger partial charge in [0.1, 0.15) is 5.52 Å². The highest BCUT2D eigenvalue weighted by molar-refractivity contribution is 9.11. The number of hydrogen-bond acceptors (Lipinski definition) is 4. The summed E-state index contributed by atoms with van der Waals surface area (Å²) in [6.45, 7) is 5.40. The van der Waals surface area contributed by atoms with Gasteiger partial charge in [-0.15, -0.1) is 0 Å². The first-order valence-electron chi connectivity index (χ1n) is 7.84. The molecular weight excluding hydrogens is 440 g/mol. The van der Waals surface area contributed by atoms with Crippen LogP contribution in [0.25, 0.3) is 10.9 Å². The molecule has 0 fully saturated rings. The number of aryl methyl sites for hydroxylation is 1. The van der Waals surface area contributed by atoms with Crippen molar-refractivity contribution in [1.29, 1.82) is 0 Å². The van der Waals surface area contributed by atoms with Crippen LogP contribution in [0.15, 0.2) is 15.0 Å². The summed E-state index contributed by atoms with van der Waals surface area (Å²) >= 11 is 6.93. The molecule has 0 aliphatic carbocycles. The molecule has 128 valence electrons. The molecule has 0 bridgehead atoms. The molecule has 0 spiro atoms. The molecule has 0 saturated carbocycles. The quantitative estimate of drug-likeness (QED) is 0.692. The summed E-state index contributed by atoms with van der Waals surface area (Å²) in [4.78, 5) is 18.4. The molecule has 1 aromatic heterocycles. The maximum Gasteiger partial charge on any atom is 0.409 e. The topological polar surface area (TPSA) is 62.7 Å². The number of carbonyl (C=O) groups is 1. The molecule has 0 radical (unpaired) electrons.